The zero-order valence-electron chi connectivity index (χ0n) is 13.2. The Hall–Kier alpha value is -2.58. The molecule has 1 unspecified atom stereocenters. The number of hydrogen-bond acceptors (Lipinski definition) is 7. The second-order valence-electron chi connectivity index (χ2n) is 5.50. The van der Waals surface area contributed by atoms with Gasteiger partial charge in [0.2, 0.25) is 0 Å². The van der Waals surface area contributed by atoms with Crippen molar-refractivity contribution in [1.29, 1.82) is 0 Å². The van der Waals surface area contributed by atoms with Crippen molar-refractivity contribution in [3.8, 4) is 10.7 Å². The summed E-state index contributed by atoms with van der Waals surface area (Å²) in [7, 11) is 0. The first-order valence-electron chi connectivity index (χ1n) is 7.25. The SMILES string of the molecule is Cc1ccc(C(C)(O)CNC(=O)c2csc(-c3cnccn3)n2)o1. The third-order valence-electron chi connectivity index (χ3n) is 3.38. The molecule has 0 saturated heterocycles. The molecule has 2 N–H and O–H groups in total. The molecule has 24 heavy (non-hydrogen) atoms. The number of thiazole rings is 1. The van der Waals surface area contributed by atoms with Crippen LogP contribution in [0.3, 0.4) is 0 Å². The Morgan fingerprint density at radius 3 is 2.92 bits per heavy atom. The Kier molecular flexibility index (Phi) is 4.41. The highest BCUT2D eigenvalue weighted by Gasteiger charge is 2.28. The molecule has 8 heteroatoms. The highest BCUT2D eigenvalue weighted by Crippen LogP contribution is 2.23. The molecule has 3 heterocycles. The van der Waals surface area contributed by atoms with E-state index in [4.69, 9.17) is 4.42 Å². The van der Waals surface area contributed by atoms with E-state index < -0.39 is 5.60 Å². The van der Waals surface area contributed by atoms with Gasteiger partial charge in [-0.1, -0.05) is 0 Å². The van der Waals surface area contributed by atoms with Gasteiger partial charge >= 0.3 is 0 Å². The molecule has 1 amide bonds. The summed E-state index contributed by atoms with van der Waals surface area (Å²) in [6, 6.07) is 3.45. The maximum atomic E-state index is 12.2. The van der Waals surface area contributed by atoms with Crippen LogP contribution in [0.4, 0.5) is 0 Å². The fraction of sp³-hybridized carbons (Fsp3) is 0.250. The first-order chi connectivity index (χ1) is 11.5. The van der Waals surface area contributed by atoms with E-state index in [-0.39, 0.29) is 18.1 Å². The van der Waals surface area contributed by atoms with Crippen LogP contribution < -0.4 is 5.32 Å². The fourth-order valence-corrected chi connectivity index (χ4v) is 2.82. The average molecular weight is 344 g/mol. The van der Waals surface area contributed by atoms with Crippen molar-refractivity contribution in [3.63, 3.8) is 0 Å². The lowest BCUT2D eigenvalue weighted by Crippen LogP contribution is -2.38. The molecule has 0 fully saturated rings. The summed E-state index contributed by atoms with van der Waals surface area (Å²) in [5, 5.41) is 15.4. The standard InChI is InChI=1S/C16H16N4O3S/c1-10-3-4-13(23-10)16(2,22)9-19-14(21)12-8-24-15(20-12)11-7-17-5-6-18-11/h3-8,22H,9H2,1-2H3,(H,19,21). The van der Waals surface area contributed by atoms with Gasteiger partial charge in [-0.3, -0.25) is 14.8 Å². The summed E-state index contributed by atoms with van der Waals surface area (Å²) in [5.41, 5.74) is -0.417. The largest absolute Gasteiger partial charge is 0.463 e. The minimum absolute atomic E-state index is 0.0107. The van der Waals surface area contributed by atoms with Gasteiger partial charge < -0.3 is 14.8 Å². The number of furan rings is 1. The van der Waals surface area contributed by atoms with Crippen molar-refractivity contribution in [2.45, 2.75) is 19.4 Å². The van der Waals surface area contributed by atoms with Crippen molar-refractivity contribution in [3.05, 3.63) is 53.3 Å². The summed E-state index contributed by atoms with van der Waals surface area (Å²) in [6.07, 6.45) is 4.73. The number of amides is 1. The van der Waals surface area contributed by atoms with Gasteiger partial charge in [-0.05, 0) is 26.0 Å². The van der Waals surface area contributed by atoms with Gasteiger partial charge in [-0.15, -0.1) is 11.3 Å². The van der Waals surface area contributed by atoms with Crippen LogP contribution >= 0.6 is 11.3 Å². The lowest BCUT2D eigenvalue weighted by molar-refractivity contribution is 0.0323. The number of rotatable bonds is 5. The third kappa shape index (κ3) is 3.50. The summed E-state index contributed by atoms with van der Waals surface area (Å²) < 4.78 is 5.42. The number of carbonyl (C=O) groups excluding carboxylic acids is 1. The van der Waals surface area contributed by atoms with Crippen LogP contribution in [-0.4, -0.2) is 32.5 Å². The van der Waals surface area contributed by atoms with E-state index in [1.54, 1.807) is 50.0 Å². The zero-order valence-corrected chi connectivity index (χ0v) is 14.0. The molecule has 0 aromatic carbocycles. The second-order valence-corrected chi connectivity index (χ2v) is 6.35. The maximum Gasteiger partial charge on any atom is 0.270 e. The van der Waals surface area contributed by atoms with Crippen molar-refractivity contribution < 1.29 is 14.3 Å². The highest BCUT2D eigenvalue weighted by molar-refractivity contribution is 7.13. The predicted molar refractivity (Wildman–Crippen MR) is 88.5 cm³/mol. The molecule has 3 aromatic heterocycles. The molecule has 0 radical (unpaired) electrons. The average Bonchev–Trinajstić information content (AvgIpc) is 3.23. The van der Waals surface area contributed by atoms with Crippen LogP contribution in [0.2, 0.25) is 0 Å². The number of nitrogens with one attached hydrogen (secondary N) is 1. The molecule has 7 nitrogen and oxygen atoms in total. The topological polar surface area (TPSA) is 101 Å². The number of hydrogen-bond donors (Lipinski definition) is 2. The molecular formula is C16H16N4O3S. The molecule has 0 saturated carbocycles. The fourth-order valence-electron chi connectivity index (χ4n) is 2.06. The molecule has 3 aromatic rings. The Labute approximate surface area is 142 Å². The lowest BCUT2D eigenvalue weighted by Gasteiger charge is -2.20. The van der Waals surface area contributed by atoms with Crippen LogP contribution in [0.15, 0.2) is 40.5 Å². The molecule has 0 aliphatic rings. The van der Waals surface area contributed by atoms with E-state index in [1.165, 1.54) is 11.3 Å². The van der Waals surface area contributed by atoms with E-state index in [2.05, 4.69) is 20.3 Å². The molecule has 0 spiro atoms. The molecule has 1 atom stereocenters. The predicted octanol–water partition coefficient (Wildman–Crippen LogP) is 2.14. The van der Waals surface area contributed by atoms with Crippen molar-refractivity contribution in [1.82, 2.24) is 20.3 Å². The van der Waals surface area contributed by atoms with Crippen LogP contribution in [-0.2, 0) is 5.60 Å². The van der Waals surface area contributed by atoms with Gasteiger partial charge in [0.1, 0.15) is 33.5 Å². The monoisotopic (exact) mass is 344 g/mol. The minimum Gasteiger partial charge on any atom is -0.463 e. The third-order valence-corrected chi connectivity index (χ3v) is 4.25. The number of aryl methyl sites for hydroxylation is 1. The number of aliphatic hydroxyl groups is 1. The summed E-state index contributed by atoms with van der Waals surface area (Å²) in [4.78, 5) is 24.6. The Balaban J connectivity index is 1.66. The van der Waals surface area contributed by atoms with Crippen LogP contribution in [0, 0.1) is 6.92 Å². The maximum absolute atomic E-state index is 12.2. The van der Waals surface area contributed by atoms with E-state index >= 15 is 0 Å². The van der Waals surface area contributed by atoms with Crippen molar-refractivity contribution in [2.24, 2.45) is 0 Å². The Bertz CT molecular complexity index is 842. The van der Waals surface area contributed by atoms with Gasteiger partial charge in [0.05, 0.1) is 12.7 Å². The first-order valence-corrected chi connectivity index (χ1v) is 8.13. The van der Waals surface area contributed by atoms with Crippen LogP contribution in [0.1, 0.15) is 28.9 Å². The molecular weight excluding hydrogens is 328 g/mol. The Morgan fingerprint density at radius 1 is 1.42 bits per heavy atom. The van der Waals surface area contributed by atoms with Crippen molar-refractivity contribution in [2.75, 3.05) is 6.54 Å². The quantitative estimate of drug-likeness (QED) is 0.735. The van der Waals surface area contributed by atoms with E-state index in [0.717, 1.165) is 0 Å². The molecule has 0 bridgehead atoms. The highest BCUT2D eigenvalue weighted by atomic mass is 32.1. The van der Waals surface area contributed by atoms with E-state index in [0.29, 0.717) is 22.2 Å². The summed E-state index contributed by atoms with van der Waals surface area (Å²) >= 11 is 1.31. The molecule has 124 valence electrons. The minimum atomic E-state index is -1.30. The first kappa shape index (κ1) is 16.3. The van der Waals surface area contributed by atoms with Crippen LogP contribution in [0.5, 0.6) is 0 Å². The summed E-state index contributed by atoms with van der Waals surface area (Å²) in [5.74, 6) is 0.730. The molecule has 3 rings (SSSR count). The van der Waals surface area contributed by atoms with Gasteiger partial charge in [0.15, 0.2) is 0 Å². The second kappa shape index (κ2) is 6.50. The van der Waals surface area contributed by atoms with Gasteiger partial charge in [0, 0.05) is 17.8 Å². The molecule has 0 aliphatic heterocycles. The number of aromatic nitrogens is 3. The molecule has 0 aliphatic carbocycles. The number of nitrogens with zero attached hydrogens (tertiary/aromatic N) is 3. The van der Waals surface area contributed by atoms with Gasteiger partial charge in [-0.2, -0.15) is 0 Å². The lowest BCUT2D eigenvalue weighted by atomic mass is 10.0. The van der Waals surface area contributed by atoms with E-state index in [1.807, 2.05) is 0 Å². The number of carbonyl (C=O) groups is 1. The Morgan fingerprint density at radius 2 is 2.25 bits per heavy atom. The normalized spacial score (nSPS) is 13.5. The van der Waals surface area contributed by atoms with Gasteiger partial charge in [-0.25, -0.2) is 4.98 Å². The smallest absolute Gasteiger partial charge is 0.270 e. The zero-order chi connectivity index (χ0) is 17.2. The summed E-state index contributed by atoms with van der Waals surface area (Å²) in [6.45, 7) is 3.38. The van der Waals surface area contributed by atoms with Crippen molar-refractivity contribution >= 4 is 17.2 Å². The van der Waals surface area contributed by atoms with Gasteiger partial charge in [0.25, 0.3) is 5.91 Å². The van der Waals surface area contributed by atoms with Crippen LogP contribution in [0.25, 0.3) is 10.7 Å². The van der Waals surface area contributed by atoms with E-state index in [9.17, 15) is 9.90 Å².